The summed E-state index contributed by atoms with van der Waals surface area (Å²) in [5.41, 5.74) is 1.63. The molecule has 0 unspecified atom stereocenters. The zero-order valence-corrected chi connectivity index (χ0v) is 8.34. The second-order valence-electron chi connectivity index (χ2n) is 4.23. The van der Waals surface area contributed by atoms with Gasteiger partial charge in [0.25, 0.3) is 0 Å². The van der Waals surface area contributed by atoms with Crippen LogP contribution in [-0.4, -0.2) is 12.8 Å². The summed E-state index contributed by atoms with van der Waals surface area (Å²) in [5, 5.41) is 0. The van der Waals surface area contributed by atoms with Crippen LogP contribution in [0.15, 0.2) is 16.6 Å². The summed E-state index contributed by atoms with van der Waals surface area (Å²) in [4.78, 5) is 4.37. The van der Waals surface area contributed by atoms with Crippen LogP contribution in [0.5, 0.6) is 0 Å². The van der Waals surface area contributed by atoms with Crippen molar-refractivity contribution >= 4 is 6.21 Å². The third kappa shape index (κ3) is 2.43. The lowest BCUT2D eigenvalue weighted by atomic mass is 9.90. The predicted molar refractivity (Wildman–Crippen MR) is 57.3 cm³/mol. The van der Waals surface area contributed by atoms with Crippen molar-refractivity contribution in [2.75, 3.05) is 6.54 Å². The number of hydrogen-bond donors (Lipinski definition) is 0. The van der Waals surface area contributed by atoms with Gasteiger partial charge in [0.15, 0.2) is 0 Å². The molecule has 1 aliphatic carbocycles. The molecular weight excluding hydrogens is 158 g/mol. The Morgan fingerprint density at radius 2 is 1.85 bits per heavy atom. The first kappa shape index (κ1) is 8.98. The first-order valence-corrected chi connectivity index (χ1v) is 5.64. The zero-order valence-electron chi connectivity index (χ0n) is 8.34. The molecule has 72 valence electrons. The van der Waals surface area contributed by atoms with Gasteiger partial charge in [0.05, 0.1) is 6.54 Å². The normalized spacial score (nSPS) is 25.4. The second-order valence-corrected chi connectivity index (χ2v) is 4.23. The van der Waals surface area contributed by atoms with Crippen LogP contribution in [0.3, 0.4) is 0 Å². The van der Waals surface area contributed by atoms with E-state index in [1.807, 2.05) is 6.21 Å². The highest BCUT2D eigenvalue weighted by Crippen LogP contribution is 2.29. The van der Waals surface area contributed by atoms with E-state index in [9.17, 15) is 0 Å². The SMILES string of the molecule is C1=NCC(C2CCCCCC2)=CC1. The van der Waals surface area contributed by atoms with Crippen LogP contribution >= 0.6 is 0 Å². The third-order valence-electron chi connectivity index (χ3n) is 3.27. The van der Waals surface area contributed by atoms with E-state index < -0.39 is 0 Å². The zero-order chi connectivity index (χ0) is 8.93. The van der Waals surface area contributed by atoms with Crippen molar-refractivity contribution in [2.24, 2.45) is 10.9 Å². The Morgan fingerprint density at radius 1 is 1.08 bits per heavy atom. The van der Waals surface area contributed by atoms with Crippen LogP contribution in [-0.2, 0) is 0 Å². The first-order chi connectivity index (χ1) is 6.47. The fraction of sp³-hybridized carbons (Fsp3) is 0.750. The van der Waals surface area contributed by atoms with E-state index in [1.54, 1.807) is 5.57 Å². The summed E-state index contributed by atoms with van der Waals surface area (Å²) in [6.07, 6.45) is 14.1. The molecule has 13 heavy (non-hydrogen) atoms. The van der Waals surface area contributed by atoms with Gasteiger partial charge in [-0.05, 0) is 24.3 Å². The lowest BCUT2D eigenvalue weighted by Crippen LogP contribution is -2.08. The maximum Gasteiger partial charge on any atom is 0.0598 e. The number of dihydropyridines is 1. The molecule has 0 aromatic heterocycles. The highest BCUT2D eigenvalue weighted by atomic mass is 14.7. The standard InChI is InChI=1S/C12H19N/c1-2-4-7-11(6-3-1)12-8-5-9-13-10-12/h8-9,11H,1-7,10H2. The molecule has 0 spiro atoms. The molecule has 1 heterocycles. The van der Waals surface area contributed by atoms with Gasteiger partial charge in [-0.1, -0.05) is 31.8 Å². The minimum atomic E-state index is 0.875. The first-order valence-electron chi connectivity index (χ1n) is 5.64. The fourth-order valence-corrected chi connectivity index (χ4v) is 2.46. The molecule has 1 fully saturated rings. The molecule has 2 rings (SSSR count). The van der Waals surface area contributed by atoms with Crippen molar-refractivity contribution in [3.05, 3.63) is 11.6 Å². The minimum Gasteiger partial charge on any atom is -0.293 e. The van der Waals surface area contributed by atoms with E-state index >= 15 is 0 Å². The van der Waals surface area contributed by atoms with Crippen molar-refractivity contribution < 1.29 is 0 Å². The molecule has 0 aromatic carbocycles. The number of rotatable bonds is 1. The predicted octanol–water partition coefficient (Wildman–Crippen LogP) is 3.36. The molecule has 0 radical (unpaired) electrons. The average molecular weight is 177 g/mol. The largest absolute Gasteiger partial charge is 0.293 e. The smallest absolute Gasteiger partial charge is 0.0598 e. The molecule has 0 bridgehead atoms. The Bertz CT molecular complexity index is 207. The van der Waals surface area contributed by atoms with Gasteiger partial charge in [-0.25, -0.2) is 0 Å². The Kier molecular flexibility index (Phi) is 3.17. The Hall–Kier alpha value is -0.590. The van der Waals surface area contributed by atoms with Gasteiger partial charge in [0.1, 0.15) is 0 Å². The highest BCUT2D eigenvalue weighted by molar-refractivity contribution is 5.61. The van der Waals surface area contributed by atoms with Crippen LogP contribution in [0.2, 0.25) is 0 Å². The van der Waals surface area contributed by atoms with Crippen LogP contribution in [0.4, 0.5) is 0 Å². The van der Waals surface area contributed by atoms with Gasteiger partial charge in [-0.3, -0.25) is 4.99 Å². The monoisotopic (exact) mass is 177 g/mol. The Morgan fingerprint density at radius 3 is 2.46 bits per heavy atom. The van der Waals surface area contributed by atoms with Crippen LogP contribution in [0.25, 0.3) is 0 Å². The summed E-state index contributed by atoms with van der Waals surface area (Å²) >= 11 is 0. The van der Waals surface area contributed by atoms with Crippen LogP contribution in [0, 0.1) is 5.92 Å². The van der Waals surface area contributed by atoms with Crippen molar-refractivity contribution in [2.45, 2.75) is 44.9 Å². The number of hydrogen-bond acceptors (Lipinski definition) is 1. The molecule has 0 aromatic rings. The Labute approximate surface area is 80.9 Å². The van der Waals surface area contributed by atoms with E-state index in [2.05, 4.69) is 11.1 Å². The van der Waals surface area contributed by atoms with Crippen LogP contribution < -0.4 is 0 Å². The molecule has 0 atom stereocenters. The third-order valence-corrected chi connectivity index (χ3v) is 3.27. The van der Waals surface area contributed by atoms with Crippen molar-refractivity contribution in [3.8, 4) is 0 Å². The summed E-state index contributed by atoms with van der Waals surface area (Å²) < 4.78 is 0. The molecule has 2 aliphatic rings. The van der Waals surface area contributed by atoms with Gasteiger partial charge in [-0.2, -0.15) is 0 Å². The topological polar surface area (TPSA) is 12.4 Å². The second kappa shape index (κ2) is 4.59. The van der Waals surface area contributed by atoms with E-state index in [4.69, 9.17) is 0 Å². The average Bonchev–Trinajstić information content (AvgIpc) is 2.47. The van der Waals surface area contributed by atoms with Crippen molar-refractivity contribution in [1.82, 2.24) is 0 Å². The lowest BCUT2D eigenvalue weighted by molar-refractivity contribution is 0.521. The van der Waals surface area contributed by atoms with E-state index in [-0.39, 0.29) is 0 Å². The lowest BCUT2D eigenvalue weighted by Gasteiger charge is -2.18. The number of aliphatic imine (C=N–C) groups is 1. The van der Waals surface area contributed by atoms with Gasteiger partial charge in [-0.15, -0.1) is 0 Å². The van der Waals surface area contributed by atoms with E-state index in [0.717, 1.165) is 18.9 Å². The van der Waals surface area contributed by atoms with Gasteiger partial charge < -0.3 is 0 Å². The van der Waals surface area contributed by atoms with Crippen molar-refractivity contribution in [3.63, 3.8) is 0 Å². The fourth-order valence-electron chi connectivity index (χ4n) is 2.46. The maximum absolute atomic E-state index is 4.37. The summed E-state index contributed by atoms with van der Waals surface area (Å²) in [6, 6.07) is 0. The molecule has 1 heteroatoms. The number of nitrogens with zero attached hydrogens (tertiary/aromatic N) is 1. The van der Waals surface area contributed by atoms with E-state index in [1.165, 1.54) is 38.5 Å². The molecular formula is C12H19N. The van der Waals surface area contributed by atoms with Gasteiger partial charge >= 0.3 is 0 Å². The van der Waals surface area contributed by atoms with Gasteiger partial charge in [0.2, 0.25) is 0 Å². The number of allylic oxidation sites excluding steroid dienone is 1. The molecule has 0 N–H and O–H groups in total. The highest BCUT2D eigenvalue weighted by Gasteiger charge is 2.16. The minimum absolute atomic E-state index is 0.875. The summed E-state index contributed by atoms with van der Waals surface area (Å²) in [5.74, 6) is 0.875. The summed E-state index contributed by atoms with van der Waals surface area (Å²) in [7, 11) is 0. The maximum atomic E-state index is 4.37. The Balaban J connectivity index is 1.93. The molecule has 1 aliphatic heterocycles. The molecule has 1 saturated carbocycles. The molecule has 0 amide bonds. The van der Waals surface area contributed by atoms with Gasteiger partial charge in [0, 0.05) is 12.6 Å². The van der Waals surface area contributed by atoms with E-state index in [0.29, 0.717) is 0 Å². The summed E-state index contributed by atoms with van der Waals surface area (Å²) in [6.45, 7) is 0.991. The van der Waals surface area contributed by atoms with Crippen molar-refractivity contribution in [1.29, 1.82) is 0 Å². The van der Waals surface area contributed by atoms with Crippen LogP contribution in [0.1, 0.15) is 44.9 Å². The molecule has 0 saturated heterocycles. The molecule has 1 nitrogen and oxygen atoms in total. The quantitative estimate of drug-likeness (QED) is 0.430.